The normalized spacial score (nSPS) is 15.4. The lowest BCUT2D eigenvalue weighted by atomic mass is 9.98. The first kappa shape index (κ1) is 20.8. The van der Waals surface area contributed by atoms with Gasteiger partial charge in [-0.1, -0.05) is 30.9 Å². The maximum Gasteiger partial charge on any atom is 0.416 e. The van der Waals surface area contributed by atoms with Crippen LogP contribution in [0, 0.1) is 6.92 Å². The molecule has 1 aliphatic rings. The number of aryl methyl sites for hydroxylation is 2. The molecule has 3 nitrogen and oxygen atoms in total. The van der Waals surface area contributed by atoms with E-state index in [1.165, 1.54) is 13.8 Å². The topological polar surface area (TPSA) is 32.3 Å². The number of nitrogens with zero attached hydrogens (tertiary/aromatic N) is 1. The summed E-state index contributed by atoms with van der Waals surface area (Å²) in [6.07, 6.45) is -0.554. The molecule has 1 aliphatic heterocycles. The van der Waals surface area contributed by atoms with Crippen molar-refractivity contribution in [3.63, 3.8) is 0 Å². The van der Waals surface area contributed by atoms with Crippen molar-refractivity contribution < 1.29 is 18.0 Å². The van der Waals surface area contributed by atoms with E-state index in [1.54, 1.807) is 4.90 Å². The Morgan fingerprint density at radius 1 is 1.37 bits per heavy atom. The molecule has 0 bridgehead atoms. The molecule has 1 heterocycles. The van der Waals surface area contributed by atoms with Crippen LogP contribution >= 0.6 is 0 Å². The molecule has 1 aromatic carbocycles. The molecule has 0 unspecified atom stereocenters. The van der Waals surface area contributed by atoms with Crippen LogP contribution in [-0.4, -0.2) is 25.2 Å². The molecule has 0 saturated heterocycles. The Labute approximate surface area is 158 Å². The van der Waals surface area contributed by atoms with Crippen molar-refractivity contribution in [1.29, 1.82) is 0 Å². The monoisotopic (exact) mass is 378 g/mol. The van der Waals surface area contributed by atoms with Crippen LogP contribution < -0.4 is 10.2 Å². The van der Waals surface area contributed by atoms with Crippen LogP contribution in [0.1, 0.15) is 31.4 Å². The molecule has 1 aromatic rings. The molecule has 6 heteroatoms. The number of rotatable bonds is 5. The molecular formula is C21H25F3N2O. The lowest BCUT2D eigenvalue weighted by molar-refractivity contribution is -0.117. The van der Waals surface area contributed by atoms with Crippen LogP contribution in [0.3, 0.4) is 0 Å². The molecule has 0 fully saturated rings. The molecule has 0 saturated carbocycles. The predicted octanol–water partition coefficient (Wildman–Crippen LogP) is 4.83. The number of fused-ring (bicyclic) bond motifs is 1. The van der Waals surface area contributed by atoms with Crippen molar-refractivity contribution in [2.45, 2.75) is 39.8 Å². The average Bonchev–Trinajstić information content (AvgIpc) is 2.62. The molecule has 1 N–H and O–H groups in total. The number of nitrogens with one attached hydrogen (secondary N) is 1. The zero-order valence-electron chi connectivity index (χ0n) is 15.9. The van der Waals surface area contributed by atoms with Gasteiger partial charge in [0, 0.05) is 17.9 Å². The highest BCUT2D eigenvalue weighted by Gasteiger charge is 2.31. The van der Waals surface area contributed by atoms with Gasteiger partial charge in [0.1, 0.15) is 0 Å². The summed E-state index contributed by atoms with van der Waals surface area (Å²) in [5.74, 6) is -0.124. The van der Waals surface area contributed by atoms with E-state index in [2.05, 4.69) is 11.9 Å². The van der Waals surface area contributed by atoms with Gasteiger partial charge in [-0.2, -0.15) is 13.2 Å². The van der Waals surface area contributed by atoms with Gasteiger partial charge < -0.3 is 10.2 Å². The molecule has 146 valence electrons. The Morgan fingerprint density at radius 3 is 2.70 bits per heavy atom. The summed E-state index contributed by atoms with van der Waals surface area (Å²) < 4.78 is 38.6. The Morgan fingerprint density at radius 2 is 2.07 bits per heavy atom. The number of carbonyl (C=O) groups is 1. The van der Waals surface area contributed by atoms with Gasteiger partial charge in [-0.3, -0.25) is 4.79 Å². The summed E-state index contributed by atoms with van der Waals surface area (Å²) in [7, 11) is 0. The molecule has 0 atom stereocenters. The Hall–Kier alpha value is -2.50. The number of alkyl halides is 3. The van der Waals surface area contributed by atoms with Crippen LogP contribution in [0.25, 0.3) is 0 Å². The number of halogens is 3. The van der Waals surface area contributed by atoms with E-state index in [-0.39, 0.29) is 12.5 Å². The van der Waals surface area contributed by atoms with Crippen molar-refractivity contribution in [3.8, 4) is 0 Å². The van der Waals surface area contributed by atoms with Gasteiger partial charge in [-0.15, -0.1) is 0 Å². The first-order valence-electron chi connectivity index (χ1n) is 8.89. The molecule has 0 aliphatic carbocycles. The summed E-state index contributed by atoms with van der Waals surface area (Å²) in [6.45, 7) is 9.22. The number of carbonyl (C=O) groups excluding carboxylic acids is 1. The number of para-hydroxylation sites is 1. The second-order valence-electron chi connectivity index (χ2n) is 6.63. The van der Waals surface area contributed by atoms with Crippen molar-refractivity contribution in [2.75, 3.05) is 18.0 Å². The van der Waals surface area contributed by atoms with Crippen LogP contribution in [-0.2, 0) is 11.2 Å². The fourth-order valence-electron chi connectivity index (χ4n) is 3.16. The summed E-state index contributed by atoms with van der Waals surface area (Å²) in [6, 6.07) is 5.98. The zero-order chi connectivity index (χ0) is 20.2. The number of anilines is 1. The largest absolute Gasteiger partial charge is 0.416 e. The highest BCUT2D eigenvalue weighted by molar-refractivity contribution is 5.96. The summed E-state index contributed by atoms with van der Waals surface area (Å²) >= 11 is 0. The second kappa shape index (κ2) is 8.46. The quantitative estimate of drug-likeness (QED) is 0.744. The second-order valence-corrected chi connectivity index (χ2v) is 6.63. The van der Waals surface area contributed by atoms with Gasteiger partial charge in [0.2, 0.25) is 5.91 Å². The van der Waals surface area contributed by atoms with Gasteiger partial charge in [-0.05, 0) is 56.4 Å². The summed E-state index contributed by atoms with van der Waals surface area (Å²) in [5, 5.41) is 2.86. The first-order valence-corrected chi connectivity index (χ1v) is 8.89. The van der Waals surface area contributed by atoms with E-state index >= 15 is 0 Å². The van der Waals surface area contributed by atoms with E-state index in [1.807, 2.05) is 25.1 Å². The van der Waals surface area contributed by atoms with E-state index in [9.17, 15) is 18.0 Å². The molecule has 0 aromatic heterocycles. The number of hydrogen-bond donors (Lipinski definition) is 1. The Bertz CT molecular complexity index is 791. The number of benzene rings is 1. The Kier molecular flexibility index (Phi) is 6.52. The van der Waals surface area contributed by atoms with E-state index in [0.29, 0.717) is 17.8 Å². The Balaban J connectivity index is 2.06. The van der Waals surface area contributed by atoms with Crippen LogP contribution in [0.2, 0.25) is 0 Å². The first-order chi connectivity index (χ1) is 12.6. The third kappa shape index (κ3) is 5.02. The minimum Gasteiger partial charge on any atom is -0.376 e. The van der Waals surface area contributed by atoms with Crippen molar-refractivity contribution in [1.82, 2.24) is 5.32 Å². The third-order valence-corrected chi connectivity index (χ3v) is 4.66. The van der Waals surface area contributed by atoms with Gasteiger partial charge in [-0.25, -0.2) is 0 Å². The molecule has 0 radical (unpaired) electrons. The van der Waals surface area contributed by atoms with Crippen molar-refractivity contribution in [2.24, 2.45) is 0 Å². The van der Waals surface area contributed by atoms with Crippen molar-refractivity contribution >= 4 is 11.6 Å². The van der Waals surface area contributed by atoms with Gasteiger partial charge in [0.05, 0.1) is 12.1 Å². The SMILES string of the molecule is C=C(NCC(=O)N1CCCc2cccc(C)c21)/C(C)=C\C(=C/C)C(F)(F)F. The molecule has 0 spiro atoms. The van der Waals surface area contributed by atoms with Crippen LogP contribution in [0.4, 0.5) is 18.9 Å². The van der Waals surface area contributed by atoms with Gasteiger partial charge >= 0.3 is 6.18 Å². The van der Waals surface area contributed by atoms with Gasteiger partial charge in [0.25, 0.3) is 0 Å². The highest BCUT2D eigenvalue weighted by atomic mass is 19.4. The smallest absolute Gasteiger partial charge is 0.376 e. The van der Waals surface area contributed by atoms with Crippen LogP contribution in [0.5, 0.6) is 0 Å². The number of amides is 1. The molecular weight excluding hydrogens is 353 g/mol. The minimum atomic E-state index is -4.42. The minimum absolute atomic E-state index is 0.0189. The number of allylic oxidation sites excluding steroid dienone is 4. The average molecular weight is 378 g/mol. The molecule has 1 amide bonds. The van der Waals surface area contributed by atoms with E-state index in [4.69, 9.17) is 0 Å². The number of hydrogen-bond acceptors (Lipinski definition) is 2. The lowest BCUT2D eigenvalue weighted by Crippen LogP contribution is -2.41. The summed E-state index contributed by atoms with van der Waals surface area (Å²) in [5.41, 5.74) is 3.03. The molecule has 2 rings (SSSR count). The highest BCUT2D eigenvalue weighted by Crippen LogP contribution is 2.31. The third-order valence-electron chi connectivity index (χ3n) is 4.66. The zero-order valence-corrected chi connectivity index (χ0v) is 15.9. The fourth-order valence-corrected chi connectivity index (χ4v) is 3.16. The van der Waals surface area contributed by atoms with Crippen molar-refractivity contribution in [3.05, 3.63) is 64.9 Å². The maximum absolute atomic E-state index is 12.9. The maximum atomic E-state index is 12.9. The van der Waals surface area contributed by atoms with E-state index in [0.717, 1.165) is 41.8 Å². The lowest BCUT2D eigenvalue weighted by Gasteiger charge is -2.31. The summed E-state index contributed by atoms with van der Waals surface area (Å²) in [4.78, 5) is 14.4. The standard InChI is InChI=1S/C21H25F3N2O/c1-5-18(21(22,23)24)12-15(3)16(4)25-13-19(27)26-11-7-10-17-9-6-8-14(2)20(17)26/h5-6,8-9,12,25H,4,7,10-11,13H2,1-3H3/b15-12-,18-5+. The molecule has 27 heavy (non-hydrogen) atoms. The van der Waals surface area contributed by atoms with Crippen LogP contribution in [0.15, 0.2) is 53.8 Å². The fraction of sp³-hybridized carbons (Fsp3) is 0.381. The van der Waals surface area contributed by atoms with Gasteiger partial charge in [0.15, 0.2) is 0 Å². The van der Waals surface area contributed by atoms with E-state index < -0.39 is 11.7 Å². The predicted molar refractivity (Wildman–Crippen MR) is 103 cm³/mol.